The van der Waals surface area contributed by atoms with Gasteiger partial charge in [0.2, 0.25) is 0 Å². The Kier molecular flexibility index (Phi) is 6.55. The minimum atomic E-state index is -0.605. The van der Waals surface area contributed by atoms with Crippen LogP contribution in [0.3, 0.4) is 0 Å². The third-order valence-electron chi connectivity index (χ3n) is 5.09. The Morgan fingerprint density at radius 1 is 1.03 bits per heavy atom. The molecule has 0 saturated heterocycles. The molecule has 0 atom stereocenters. The van der Waals surface area contributed by atoms with Crippen molar-refractivity contribution in [1.29, 1.82) is 0 Å². The van der Waals surface area contributed by atoms with Crippen LogP contribution in [0, 0.1) is 13.8 Å². The maximum Gasteiger partial charge on any atom is 0.342 e. The molecule has 1 N–H and O–H groups in total. The van der Waals surface area contributed by atoms with Crippen LogP contribution in [0.15, 0.2) is 66.9 Å². The van der Waals surface area contributed by atoms with E-state index in [4.69, 9.17) is 16.3 Å². The molecule has 0 aliphatic rings. The molecule has 2 aromatic carbocycles. The maximum atomic E-state index is 12.7. The molecule has 1 amide bonds. The van der Waals surface area contributed by atoms with E-state index in [-0.39, 0.29) is 0 Å². The largest absolute Gasteiger partial charge is 0.452 e. The molecule has 2 aromatic heterocycles. The van der Waals surface area contributed by atoms with Gasteiger partial charge in [-0.2, -0.15) is 10.2 Å². The number of aromatic nitrogens is 4. The van der Waals surface area contributed by atoms with E-state index < -0.39 is 18.5 Å². The van der Waals surface area contributed by atoms with Crippen LogP contribution < -0.4 is 5.32 Å². The fourth-order valence-electron chi connectivity index (χ4n) is 3.49. The van der Waals surface area contributed by atoms with E-state index in [2.05, 4.69) is 15.5 Å². The molecular formula is C24H22ClN5O3. The lowest BCUT2D eigenvalue weighted by atomic mass is 10.2. The zero-order valence-electron chi connectivity index (χ0n) is 18.2. The highest BCUT2D eigenvalue weighted by Crippen LogP contribution is 2.20. The third kappa shape index (κ3) is 4.96. The van der Waals surface area contributed by atoms with Gasteiger partial charge in [0.1, 0.15) is 11.4 Å². The number of carbonyl (C=O) groups is 2. The highest BCUT2D eigenvalue weighted by atomic mass is 35.5. The molecule has 0 fully saturated rings. The van der Waals surface area contributed by atoms with Gasteiger partial charge < -0.3 is 10.1 Å². The number of ether oxygens (including phenoxy) is 1. The Hall–Kier alpha value is -3.91. The number of hydrogen-bond donors (Lipinski definition) is 1. The maximum absolute atomic E-state index is 12.7. The number of benzene rings is 2. The molecule has 4 aromatic rings. The van der Waals surface area contributed by atoms with Crippen molar-refractivity contribution in [1.82, 2.24) is 19.6 Å². The van der Waals surface area contributed by atoms with Gasteiger partial charge in [-0.15, -0.1) is 0 Å². The first kappa shape index (κ1) is 22.3. The van der Waals surface area contributed by atoms with E-state index in [1.165, 1.54) is 0 Å². The summed E-state index contributed by atoms with van der Waals surface area (Å²) in [6.45, 7) is 3.47. The van der Waals surface area contributed by atoms with Gasteiger partial charge in [-0.25, -0.2) is 14.2 Å². The van der Waals surface area contributed by atoms with Crippen molar-refractivity contribution in [3.05, 3.63) is 94.4 Å². The van der Waals surface area contributed by atoms with Crippen molar-refractivity contribution in [2.24, 2.45) is 0 Å². The van der Waals surface area contributed by atoms with Gasteiger partial charge in [0.25, 0.3) is 5.91 Å². The number of amides is 1. The average Bonchev–Trinajstić information content (AvgIpc) is 3.37. The van der Waals surface area contributed by atoms with Gasteiger partial charge in [0.15, 0.2) is 6.61 Å². The lowest BCUT2D eigenvalue weighted by molar-refractivity contribution is -0.119. The number of rotatable bonds is 7. The van der Waals surface area contributed by atoms with E-state index in [0.29, 0.717) is 34.3 Å². The summed E-state index contributed by atoms with van der Waals surface area (Å²) in [6, 6.07) is 18.6. The zero-order chi connectivity index (χ0) is 23.4. The SMILES string of the molecule is Cc1nn(-c2ccccc2)c(C)c1C(=O)OCC(=O)Nc1ccnn1Cc1ccccc1Cl. The number of carbonyl (C=O) groups excluding carboxylic acids is 2. The topological polar surface area (TPSA) is 91.0 Å². The van der Waals surface area contributed by atoms with Crippen molar-refractivity contribution in [3.8, 4) is 5.69 Å². The van der Waals surface area contributed by atoms with Gasteiger partial charge >= 0.3 is 5.97 Å². The summed E-state index contributed by atoms with van der Waals surface area (Å²) in [5, 5.41) is 12.0. The molecule has 8 nitrogen and oxygen atoms in total. The van der Waals surface area contributed by atoms with Gasteiger partial charge in [0.05, 0.1) is 29.8 Å². The van der Waals surface area contributed by atoms with Crippen molar-refractivity contribution >= 4 is 29.3 Å². The molecular weight excluding hydrogens is 442 g/mol. The minimum Gasteiger partial charge on any atom is -0.452 e. The molecule has 0 radical (unpaired) electrons. The highest BCUT2D eigenvalue weighted by molar-refractivity contribution is 6.31. The molecule has 0 bridgehead atoms. The van der Waals surface area contributed by atoms with Gasteiger partial charge in [-0.05, 0) is 37.6 Å². The van der Waals surface area contributed by atoms with Crippen LogP contribution in [0.25, 0.3) is 5.69 Å². The Labute approximate surface area is 195 Å². The summed E-state index contributed by atoms with van der Waals surface area (Å²) in [4.78, 5) is 25.1. The van der Waals surface area contributed by atoms with Crippen molar-refractivity contribution in [2.45, 2.75) is 20.4 Å². The molecule has 0 aliphatic heterocycles. The standard InChI is InChI=1S/C24H22ClN5O3/c1-16-23(17(2)30(28-16)19-9-4-3-5-10-19)24(32)33-15-22(31)27-21-12-13-26-29(21)14-18-8-6-7-11-20(18)25/h3-13H,14-15H2,1-2H3,(H,27,31). The van der Waals surface area contributed by atoms with Crippen LogP contribution in [-0.4, -0.2) is 38.0 Å². The van der Waals surface area contributed by atoms with Crippen molar-refractivity contribution in [3.63, 3.8) is 0 Å². The van der Waals surface area contributed by atoms with Crippen LogP contribution in [0.5, 0.6) is 0 Å². The summed E-state index contributed by atoms with van der Waals surface area (Å²) in [6.07, 6.45) is 1.57. The Bertz CT molecular complexity index is 1300. The molecule has 0 spiro atoms. The number of esters is 1. The Morgan fingerprint density at radius 3 is 2.52 bits per heavy atom. The monoisotopic (exact) mass is 463 g/mol. The summed E-state index contributed by atoms with van der Waals surface area (Å²) in [7, 11) is 0. The lowest BCUT2D eigenvalue weighted by Crippen LogP contribution is -2.23. The first-order valence-corrected chi connectivity index (χ1v) is 10.7. The number of nitrogens with zero attached hydrogens (tertiary/aromatic N) is 4. The number of anilines is 1. The average molecular weight is 464 g/mol. The predicted molar refractivity (Wildman–Crippen MR) is 125 cm³/mol. The van der Waals surface area contributed by atoms with Crippen molar-refractivity contribution < 1.29 is 14.3 Å². The van der Waals surface area contributed by atoms with E-state index in [0.717, 1.165) is 11.3 Å². The fourth-order valence-corrected chi connectivity index (χ4v) is 3.69. The molecule has 4 rings (SSSR count). The molecule has 9 heteroatoms. The summed E-state index contributed by atoms with van der Waals surface area (Å²) in [5.41, 5.74) is 3.21. The van der Waals surface area contributed by atoms with Gasteiger partial charge in [-0.1, -0.05) is 48.0 Å². The van der Waals surface area contributed by atoms with Gasteiger partial charge in [-0.3, -0.25) is 4.79 Å². The number of halogens is 1. The molecule has 0 unspecified atom stereocenters. The molecule has 2 heterocycles. The Balaban J connectivity index is 1.40. The second-order valence-electron chi connectivity index (χ2n) is 7.38. The second-order valence-corrected chi connectivity index (χ2v) is 7.79. The fraction of sp³-hybridized carbons (Fsp3) is 0.167. The Morgan fingerprint density at radius 2 is 1.76 bits per heavy atom. The van der Waals surface area contributed by atoms with Crippen LogP contribution in [0.2, 0.25) is 5.02 Å². The predicted octanol–water partition coefficient (Wildman–Crippen LogP) is 4.18. The first-order chi connectivity index (χ1) is 15.9. The minimum absolute atomic E-state index is 0.343. The van der Waals surface area contributed by atoms with Crippen LogP contribution in [0.4, 0.5) is 5.82 Å². The third-order valence-corrected chi connectivity index (χ3v) is 5.46. The second kappa shape index (κ2) is 9.70. The van der Waals surface area contributed by atoms with E-state index in [9.17, 15) is 9.59 Å². The van der Waals surface area contributed by atoms with E-state index in [1.54, 1.807) is 41.5 Å². The first-order valence-electron chi connectivity index (χ1n) is 10.3. The normalized spacial score (nSPS) is 10.8. The number of aryl methyl sites for hydroxylation is 1. The quantitative estimate of drug-likeness (QED) is 0.415. The lowest BCUT2D eigenvalue weighted by Gasteiger charge is -2.10. The number of nitrogens with one attached hydrogen (secondary N) is 1. The smallest absolute Gasteiger partial charge is 0.342 e. The number of hydrogen-bond acceptors (Lipinski definition) is 5. The summed E-state index contributed by atoms with van der Waals surface area (Å²) >= 11 is 6.22. The van der Waals surface area contributed by atoms with Crippen molar-refractivity contribution in [2.75, 3.05) is 11.9 Å². The molecule has 168 valence electrons. The van der Waals surface area contributed by atoms with Crippen LogP contribution in [-0.2, 0) is 16.1 Å². The molecule has 0 saturated carbocycles. The van der Waals surface area contributed by atoms with Crippen LogP contribution >= 0.6 is 11.6 Å². The van der Waals surface area contributed by atoms with E-state index >= 15 is 0 Å². The van der Waals surface area contributed by atoms with Crippen LogP contribution in [0.1, 0.15) is 27.3 Å². The van der Waals surface area contributed by atoms with Gasteiger partial charge in [0, 0.05) is 11.1 Å². The molecule has 33 heavy (non-hydrogen) atoms. The van der Waals surface area contributed by atoms with E-state index in [1.807, 2.05) is 48.5 Å². The summed E-state index contributed by atoms with van der Waals surface area (Å²) in [5.74, 6) is -0.609. The zero-order valence-corrected chi connectivity index (χ0v) is 18.9. The number of para-hydroxylation sites is 1. The summed E-state index contributed by atoms with van der Waals surface area (Å²) < 4.78 is 8.56. The molecule has 0 aliphatic carbocycles. The highest BCUT2D eigenvalue weighted by Gasteiger charge is 2.22.